The minimum absolute atomic E-state index is 0.143. The van der Waals surface area contributed by atoms with Gasteiger partial charge in [-0.2, -0.15) is 0 Å². The summed E-state index contributed by atoms with van der Waals surface area (Å²) in [6.45, 7) is 0. The monoisotopic (exact) mass is 322 g/mol. The summed E-state index contributed by atoms with van der Waals surface area (Å²) < 4.78 is 1.03. The fourth-order valence-corrected chi connectivity index (χ4v) is 3.73. The molecule has 102 valence electrons. The van der Waals surface area contributed by atoms with Crippen molar-refractivity contribution in [1.82, 2.24) is 10.6 Å². The minimum Gasteiger partial charge on any atom is -0.353 e. The first kappa shape index (κ1) is 13.1. The third kappa shape index (κ3) is 3.37. The van der Waals surface area contributed by atoms with Gasteiger partial charge in [-0.1, -0.05) is 28.1 Å². The molecule has 2 atom stereocenters. The molecule has 0 spiro atoms. The maximum atomic E-state index is 12.1. The molecule has 3 nitrogen and oxygen atoms in total. The van der Waals surface area contributed by atoms with Gasteiger partial charge in [0.2, 0.25) is 5.91 Å². The summed E-state index contributed by atoms with van der Waals surface area (Å²) >= 11 is 3.43. The van der Waals surface area contributed by atoms with Gasteiger partial charge in [-0.3, -0.25) is 4.79 Å². The van der Waals surface area contributed by atoms with E-state index in [1.165, 1.54) is 12.8 Å². The molecule has 0 aliphatic carbocycles. The van der Waals surface area contributed by atoms with Crippen LogP contribution < -0.4 is 10.6 Å². The summed E-state index contributed by atoms with van der Waals surface area (Å²) in [5.74, 6) is 0.143. The largest absolute Gasteiger partial charge is 0.353 e. The SMILES string of the molecule is O=C(Cc1cccc(Br)c1)NC1CC2CCC(C1)N2. The maximum Gasteiger partial charge on any atom is 0.224 e. The first-order valence-corrected chi connectivity index (χ1v) is 7.78. The second-order valence-corrected chi connectivity index (χ2v) is 6.60. The van der Waals surface area contributed by atoms with Crippen LogP contribution in [0.3, 0.4) is 0 Å². The molecule has 2 bridgehead atoms. The van der Waals surface area contributed by atoms with Gasteiger partial charge in [-0.05, 0) is 43.4 Å². The van der Waals surface area contributed by atoms with Crippen LogP contribution in [0.25, 0.3) is 0 Å². The van der Waals surface area contributed by atoms with E-state index in [1.807, 2.05) is 24.3 Å². The molecule has 2 unspecified atom stereocenters. The van der Waals surface area contributed by atoms with E-state index in [0.29, 0.717) is 24.5 Å². The molecule has 2 fully saturated rings. The lowest BCUT2D eigenvalue weighted by molar-refractivity contribution is -0.121. The highest BCUT2D eigenvalue weighted by Gasteiger charge is 2.33. The molecule has 0 radical (unpaired) electrons. The van der Waals surface area contributed by atoms with Crippen molar-refractivity contribution in [3.8, 4) is 0 Å². The molecule has 2 N–H and O–H groups in total. The van der Waals surface area contributed by atoms with Crippen molar-refractivity contribution < 1.29 is 4.79 Å². The van der Waals surface area contributed by atoms with E-state index in [0.717, 1.165) is 22.9 Å². The van der Waals surface area contributed by atoms with E-state index < -0.39 is 0 Å². The molecule has 1 aromatic rings. The normalized spacial score (nSPS) is 29.2. The number of hydrogen-bond acceptors (Lipinski definition) is 2. The van der Waals surface area contributed by atoms with Crippen molar-refractivity contribution >= 4 is 21.8 Å². The molecule has 2 heterocycles. The molecule has 0 aromatic heterocycles. The zero-order chi connectivity index (χ0) is 13.2. The molecule has 2 aliphatic heterocycles. The average Bonchev–Trinajstić information content (AvgIpc) is 2.68. The molecule has 0 saturated carbocycles. The number of nitrogens with one attached hydrogen (secondary N) is 2. The Morgan fingerprint density at radius 1 is 1.32 bits per heavy atom. The molecular formula is C15H19BrN2O. The van der Waals surface area contributed by atoms with Gasteiger partial charge < -0.3 is 10.6 Å². The summed E-state index contributed by atoms with van der Waals surface area (Å²) in [7, 11) is 0. The van der Waals surface area contributed by atoms with Gasteiger partial charge in [0.05, 0.1) is 6.42 Å². The van der Waals surface area contributed by atoms with Crippen LogP contribution in [-0.2, 0) is 11.2 Å². The van der Waals surface area contributed by atoms with Crippen LogP contribution >= 0.6 is 15.9 Å². The Labute approximate surface area is 122 Å². The zero-order valence-electron chi connectivity index (χ0n) is 10.9. The summed E-state index contributed by atoms with van der Waals surface area (Å²) in [4.78, 5) is 12.1. The number of piperidine rings is 1. The predicted octanol–water partition coefficient (Wildman–Crippen LogP) is 2.39. The van der Waals surface area contributed by atoms with Crippen LogP contribution in [0.15, 0.2) is 28.7 Å². The van der Waals surface area contributed by atoms with E-state index in [9.17, 15) is 4.79 Å². The van der Waals surface area contributed by atoms with Crippen LogP contribution in [0.1, 0.15) is 31.2 Å². The Balaban J connectivity index is 1.54. The zero-order valence-corrected chi connectivity index (χ0v) is 12.4. The molecule has 1 aromatic carbocycles. The Morgan fingerprint density at radius 2 is 2.05 bits per heavy atom. The van der Waals surface area contributed by atoms with E-state index in [1.54, 1.807) is 0 Å². The second-order valence-electron chi connectivity index (χ2n) is 5.68. The van der Waals surface area contributed by atoms with Crippen LogP contribution in [0.2, 0.25) is 0 Å². The highest BCUT2D eigenvalue weighted by atomic mass is 79.9. The number of amides is 1. The number of carbonyl (C=O) groups is 1. The van der Waals surface area contributed by atoms with E-state index in [4.69, 9.17) is 0 Å². The quantitative estimate of drug-likeness (QED) is 0.897. The smallest absolute Gasteiger partial charge is 0.224 e. The Bertz CT molecular complexity index is 465. The number of benzene rings is 1. The van der Waals surface area contributed by atoms with Gasteiger partial charge in [0.15, 0.2) is 0 Å². The summed E-state index contributed by atoms with van der Waals surface area (Å²) in [6, 6.07) is 9.55. The minimum atomic E-state index is 0.143. The van der Waals surface area contributed by atoms with Gasteiger partial charge in [-0.25, -0.2) is 0 Å². The van der Waals surface area contributed by atoms with Gasteiger partial charge in [-0.15, -0.1) is 0 Å². The molecule has 2 saturated heterocycles. The van der Waals surface area contributed by atoms with E-state index in [2.05, 4.69) is 26.6 Å². The molecule has 2 aliphatic rings. The lowest BCUT2D eigenvalue weighted by atomic mass is 9.99. The molecule has 1 amide bonds. The predicted molar refractivity (Wildman–Crippen MR) is 79.0 cm³/mol. The number of carbonyl (C=O) groups excluding carboxylic acids is 1. The number of halogens is 1. The first-order chi connectivity index (χ1) is 9.19. The fraction of sp³-hybridized carbons (Fsp3) is 0.533. The van der Waals surface area contributed by atoms with Crippen molar-refractivity contribution in [3.63, 3.8) is 0 Å². The highest BCUT2D eigenvalue weighted by molar-refractivity contribution is 9.10. The number of hydrogen-bond donors (Lipinski definition) is 2. The van der Waals surface area contributed by atoms with Crippen molar-refractivity contribution in [1.29, 1.82) is 0 Å². The second kappa shape index (κ2) is 5.63. The Kier molecular flexibility index (Phi) is 3.89. The van der Waals surface area contributed by atoms with Crippen LogP contribution in [0, 0.1) is 0 Å². The van der Waals surface area contributed by atoms with Crippen molar-refractivity contribution in [3.05, 3.63) is 34.3 Å². The van der Waals surface area contributed by atoms with Crippen molar-refractivity contribution in [2.75, 3.05) is 0 Å². The fourth-order valence-electron chi connectivity index (χ4n) is 3.29. The van der Waals surface area contributed by atoms with Crippen molar-refractivity contribution in [2.24, 2.45) is 0 Å². The first-order valence-electron chi connectivity index (χ1n) is 6.99. The topological polar surface area (TPSA) is 41.1 Å². The average molecular weight is 323 g/mol. The summed E-state index contributed by atoms with van der Waals surface area (Å²) in [6.07, 6.45) is 5.17. The third-order valence-corrected chi connectivity index (χ3v) is 4.59. The Hall–Kier alpha value is -0.870. The van der Waals surface area contributed by atoms with E-state index >= 15 is 0 Å². The standard InChI is InChI=1S/C15H19BrN2O/c16-11-3-1-2-10(6-11)7-15(19)18-14-8-12-4-5-13(9-14)17-12/h1-3,6,12-14,17H,4-5,7-9H2,(H,18,19). The van der Waals surface area contributed by atoms with Crippen LogP contribution in [-0.4, -0.2) is 24.0 Å². The maximum absolute atomic E-state index is 12.1. The lowest BCUT2D eigenvalue weighted by Gasteiger charge is -2.29. The Morgan fingerprint density at radius 3 is 2.74 bits per heavy atom. The van der Waals surface area contributed by atoms with Gasteiger partial charge in [0.1, 0.15) is 0 Å². The molecule has 19 heavy (non-hydrogen) atoms. The van der Waals surface area contributed by atoms with Gasteiger partial charge >= 0.3 is 0 Å². The number of rotatable bonds is 3. The van der Waals surface area contributed by atoms with Crippen LogP contribution in [0.5, 0.6) is 0 Å². The molecule has 3 rings (SSSR count). The van der Waals surface area contributed by atoms with Crippen molar-refractivity contribution in [2.45, 2.75) is 50.2 Å². The van der Waals surface area contributed by atoms with Gasteiger partial charge in [0.25, 0.3) is 0 Å². The van der Waals surface area contributed by atoms with Gasteiger partial charge in [0, 0.05) is 22.6 Å². The lowest BCUT2D eigenvalue weighted by Crippen LogP contribution is -2.48. The summed E-state index contributed by atoms with van der Waals surface area (Å²) in [5, 5.41) is 6.79. The highest BCUT2D eigenvalue weighted by Crippen LogP contribution is 2.26. The third-order valence-electron chi connectivity index (χ3n) is 4.09. The van der Waals surface area contributed by atoms with E-state index in [-0.39, 0.29) is 5.91 Å². The summed E-state index contributed by atoms with van der Waals surface area (Å²) in [5.41, 5.74) is 1.06. The van der Waals surface area contributed by atoms with Crippen LogP contribution in [0.4, 0.5) is 0 Å². The molecule has 4 heteroatoms. The number of fused-ring (bicyclic) bond motifs is 2. The molecular weight excluding hydrogens is 304 g/mol.